The number of carbonyl (C=O) groups excluding carboxylic acids is 1. The smallest absolute Gasteiger partial charge is 0.264 e. The van der Waals surface area contributed by atoms with Gasteiger partial charge < -0.3 is 9.64 Å². The van der Waals surface area contributed by atoms with E-state index in [-0.39, 0.29) is 12.5 Å². The van der Waals surface area contributed by atoms with Crippen LogP contribution in [0.4, 0.5) is 5.69 Å². The number of benzene rings is 2. The van der Waals surface area contributed by atoms with E-state index in [1.165, 1.54) is 0 Å². The Balaban J connectivity index is 1.66. The molecule has 0 atom stereocenters. The summed E-state index contributed by atoms with van der Waals surface area (Å²) in [5.74, 6) is 1.42. The first-order chi connectivity index (χ1) is 10.8. The van der Waals surface area contributed by atoms with Gasteiger partial charge in [-0.2, -0.15) is 5.26 Å². The van der Waals surface area contributed by atoms with E-state index in [0.717, 1.165) is 16.3 Å². The first-order valence-electron chi connectivity index (χ1n) is 6.93. The molecular weight excluding hydrogens is 296 g/mol. The lowest BCUT2D eigenvalue weighted by Gasteiger charge is -2.28. The number of rotatable bonds is 3. The average molecular weight is 310 g/mol. The normalized spacial score (nSPS) is 13.1. The van der Waals surface area contributed by atoms with Crippen molar-refractivity contribution in [3.05, 3.63) is 54.1 Å². The summed E-state index contributed by atoms with van der Waals surface area (Å²) < 4.78 is 5.53. The Morgan fingerprint density at radius 3 is 2.77 bits per heavy atom. The van der Waals surface area contributed by atoms with E-state index in [1.807, 2.05) is 30.3 Å². The minimum absolute atomic E-state index is 0.00903. The van der Waals surface area contributed by atoms with E-state index in [0.29, 0.717) is 17.9 Å². The van der Waals surface area contributed by atoms with E-state index < -0.39 is 0 Å². The van der Waals surface area contributed by atoms with Crippen LogP contribution in [0.3, 0.4) is 0 Å². The largest absolute Gasteiger partial charge is 0.484 e. The van der Waals surface area contributed by atoms with Crippen molar-refractivity contribution >= 4 is 23.4 Å². The van der Waals surface area contributed by atoms with Crippen molar-refractivity contribution < 1.29 is 9.53 Å². The van der Waals surface area contributed by atoms with E-state index in [2.05, 4.69) is 0 Å². The highest BCUT2D eigenvalue weighted by atomic mass is 32.2. The Morgan fingerprint density at radius 2 is 2.00 bits per heavy atom. The second-order valence-corrected chi connectivity index (χ2v) is 5.92. The third-order valence-corrected chi connectivity index (χ3v) is 4.42. The van der Waals surface area contributed by atoms with Gasteiger partial charge in [0.2, 0.25) is 0 Å². The summed E-state index contributed by atoms with van der Waals surface area (Å²) in [5.41, 5.74) is 1.52. The number of ether oxygens (including phenoxy) is 1. The van der Waals surface area contributed by atoms with Crippen LogP contribution in [0, 0.1) is 11.3 Å². The number of thioether (sulfide) groups is 1. The second kappa shape index (κ2) is 6.54. The molecule has 0 spiro atoms. The molecule has 1 heterocycles. The van der Waals surface area contributed by atoms with Crippen LogP contribution in [0.25, 0.3) is 0 Å². The molecule has 0 saturated carbocycles. The molecule has 1 amide bonds. The summed E-state index contributed by atoms with van der Waals surface area (Å²) in [6, 6.07) is 16.7. The van der Waals surface area contributed by atoms with Gasteiger partial charge in [-0.25, -0.2) is 0 Å². The van der Waals surface area contributed by atoms with Crippen molar-refractivity contribution in [3.8, 4) is 11.8 Å². The molecule has 22 heavy (non-hydrogen) atoms. The van der Waals surface area contributed by atoms with Gasteiger partial charge >= 0.3 is 0 Å². The fourth-order valence-electron chi connectivity index (χ4n) is 2.28. The van der Waals surface area contributed by atoms with Gasteiger partial charge in [-0.3, -0.25) is 4.79 Å². The summed E-state index contributed by atoms with van der Waals surface area (Å²) in [6.45, 7) is 0.683. The van der Waals surface area contributed by atoms with Crippen molar-refractivity contribution in [2.45, 2.75) is 4.90 Å². The monoisotopic (exact) mass is 310 g/mol. The van der Waals surface area contributed by atoms with Crippen molar-refractivity contribution in [1.29, 1.82) is 5.26 Å². The highest BCUT2D eigenvalue weighted by Crippen LogP contribution is 2.34. The molecule has 4 nitrogen and oxygen atoms in total. The standard InChI is InChI=1S/C17H14N2O2S/c18-11-13-5-7-14(8-6-13)21-12-17(20)19-9-10-22-16-4-2-1-3-15(16)19/h1-8H,9-10,12H2. The topological polar surface area (TPSA) is 53.3 Å². The Hall–Kier alpha value is -2.45. The molecule has 3 rings (SSSR count). The van der Waals surface area contributed by atoms with Gasteiger partial charge in [0.25, 0.3) is 5.91 Å². The summed E-state index contributed by atoms with van der Waals surface area (Å²) in [5, 5.41) is 8.76. The quantitative estimate of drug-likeness (QED) is 0.874. The lowest BCUT2D eigenvalue weighted by atomic mass is 10.2. The Bertz CT molecular complexity index is 722. The first kappa shape index (κ1) is 14.5. The van der Waals surface area contributed by atoms with Crippen LogP contribution >= 0.6 is 11.8 Å². The van der Waals surface area contributed by atoms with Gasteiger partial charge in [0, 0.05) is 17.2 Å². The third kappa shape index (κ3) is 3.07. The van der Waals surface area contributed by atoms with E-state index in [9.17, 15) is 4.79 Å². The summed E-state index contributed by atoms with van der Waals surface area (Å²) >= 11 is 1.76. The first-order valence-corrected chi connectivity index (χ1v) is 7.91. The fraction of sp³-hybridized carbons (Fsp3) is 0.176. The molecule has 5 heteroatoms. The molecule has 2 aromatic rings. The molecule has 0 fully saturated rings. The number of para-hydroxylation sites is 1. The molecule has 1 aliphatic heterocycles. The zero-order valence-corrected chi connectivity index (χ0v) is 12.7. The van der Waals surface area contributed by atoms with Gasteiger partial charge in [-0.1, -0.05) is 12.1 Å². The van der Waals surface area contributed by atoms with Crippen LogP contribution in [0.15, 0.2) is 53.4 Å². The maximum atomic E-state index is 12.4. The molecular formula is C17H14N2O2S. The molecule has 0 unspecified atom stereocenters. The molecule has 0 aliphatic carbocycles. The van der Waals surface area contributed by atoms with E-state index in [1.54, 1.807) is 40.9 Å². The third-order valence-electron chi connectivity index (χ3n) is 3.38. The van der Waals surface area contributed by atoms with Crippen LogP contribution in [-0.4, -0.2) is 24.8 Å². The lowest BCUT2D eigenvalue weighted by Crippen LogP contribution is -2.38. The van der Waals surface area contributed by atoms with Crippen molar-refractivity contribution in [3.63, 3.8) is 0 Å². The van der Waals surface area contributed by atoms with Gasteiger partial charge in [-0.15, -0.1) is 11.8 Å². The number of anilines is 1. The SMILES string of the molecule is N#Cc1ccc(OCC(=O)N2CCSc3ccccc32)cc1. The molecule has 0 radical (unpaired) electrons. The predicted octanol–water partition coefficient (Wildman–Crippen LogP) is 3.08. The molecule has 0 aromatic heterocycles. The molecule has 0 bridgehead atoms. The molecule has 0 N–H and O–H groups in total. The summed E-state index contributed by atoms with van der Waals surface area (Å²) in [6.07, 6.45) is 0. The van der Waals surface area contributed by atoms with Gasteiger partial charge in [0.05, 0.1) is 17.3 Å². The number of nitriles is 1. The summed E-state index contributed by atoms with van der Waals surface area (Å²) in [7, 11) is 0. The van der Waals surface area contributed by atoms with Gasteiger partial charge in [-0.05, 0) is 36.4 Å². The Labute approximate surface area is 133 Å². The van der Waals surface area contributed by atoms with Crippen LogP contribution in [0.2, 0.25) is 0 Å². The van der Waals surface area contributed by atoms with Crippen LogP contribution < -0.4 is 9.64 Å². The average Bonchev–Trinajstić information content (AvgIpc) is 2.59. The number of fused-ring (bicyclic) bond motifs is 1. The minimum atomic E-state index is -0.0582. The summed E-state index contributed by atoms with van der Waals surface area (Å²) in [4.78, 5) is 15.3. The molecule has 110 valence electrons. The minimum Gasteiger partial charge on any atom is -0.484 e. The van der Waals surface area contributed by atoms with Crippen LogP contribution in [-0.2, 0) is 4.79 Å². The van der Waals surface area contributed by atoms with Crippen LogP contribution in [0.1, 0.15) is 5.56 Å². The van der Waals surface area contributed by atoms with Gasteiger partial charge in [0.1, 0.15) is 5.75 Å². The van der Waals surface area contributed by atoms with E-state index >= 15 is 0 Å². The van der Waals surface area contributed by atoms with Crippen molar-refractivity contribution in [2.24, 2.45) is 0 Å². The zero-order chi connectivity index (χ0) is 15.4. The van der Waals surface area contributed by atoms with Crippen molar-refractivity contribution in [1.82, 2.24) is 0 Å². The molecule has 0 saturated heterocycles. The number of carbonyl (C=O) groups is 1. The maximum absolute atomic E-state index is 12.4. The van der Waals surface area contributed by atoms with Crippen LogP contribution in [0.5, 0.6) is 5.75 Å². The van der Waals surface area contributed by atoms with Crippen molar-refractivity contribution in [2.75, 3.05) is 23.8 Å². The number of nitrogens with zero attached hydrogens (tertiary/aromatic N) is 2. The molecule has 1 aliphatic rings. The number of hydrogen-bond acceptors (Lipinski definition) is 4. The Kier molecular flexibility index (Phi) is 4.31. The second-order valence-electron chi connectivity index (χ2n) is 4.79. The number of hydrogen-bond donors (Lipinski definition) is 0. The predicted molar refractivity (Wildman–Crippen MR) is 86.2 cm³/mol. The van der Waals surface area contributed by atoms with E-state index in [4.69, 9.17) is 10.00 Å². The maximum Gasteiger partial charge on any atom is 0.264 e. The highest BCUT2D eigenvalue weighted by molar-refractivity contribution is 7.99. The lowest BCUT2D eigenvalue weighted by molar-refractivity contribution is -0.120. The Morgan fingerprint density at radius 1 is 1.23 bits per heavy atom. The van der Waals surface area contributed by atoms with Gasteiger partial charge in [0.15, 0.2) is 6.61 Å². The zero-order valence-electron chi connectivity index (χ0n) is 11.9. The molecule has 2 aromatic carbocycles. The fourth-order valence-corrected chi connectivity index (χ4v) is 3.27. The highest BCUT2D eigenvalue weighted by Gasteiger charge is 2.22. The number of amides is 1.